The highest BCUT2D eigenvalue weighted by Gasteiger charge is 2.26. The number of nitrogens with one attached hydrogen (secondary N) is 1. The van der Waals surface area contributed by atoms with Crippen LogP contribution in [0.4, 0.5) is 0 Å². The van der Waals surface area contributed by atoms with E-state index in [0.29, 0.717) is 0 Å². The van der Waals surface area contributed by atoms with Crippen LogP contribution < -0.4 is 5.32 Å². The Bertz CT molecular complexity index is 494. The van der Waals surface area contributed by atoms with Crippen LogP contribution in [0.1, 0.15) is 48.3 Å². The second-order valence-corrected chi connectivity index (χ2v) is 6.00. The predicted octanol–water partition coefficient (Wildman–Crippen LogP) is 1.83. The molecule has 0 spiro atoms. The molecule has 1 fully saturated rings. The van der Waals surface area contributed by atoms with Crippen molar-refractivity contribution >= 4 is 23.2 Å². The average molecular weight is 298 g/mol. The van der Waals surface area contributed by atoms with E-state index < -0.39 is 17.9 Å². The maximum Gasteiger partial charge on any atom is 0.326 e. The van der Waals surface area contributed by atoms with Gasteiger partial charge >= 0.3 is 5.97 Å². The molecule has 1 aromatic rings. The van der Waals surface area contributed by atoms with Gasteiger partial charge in [0.15, 0.2) is 0 Å². The second kappa shape index (κ2) is 6.32. The van der Waals surface area contributed by atoms with Crippen molar-refractivity contribution < 1.29 is 19.4 Å². The first-order chi connectivity index (χ1) is 9.49. The summed E-state index contributed by atoms with van der Waals surface area (Å²) in [5.41, 5.74) is 0.257. The van der Waals surface area contributed by atoms with Crippen LogP contribution in [0.2, 0.25) is 0 Å². The standard InChI is InChI=1S/C13H18N2O4S/c1-7(2)10(13(17)18)15-11(16)8-6-20-12(14-8)9-4-3-5-19-9/h6-7,9-10H,3-5H2,1-2H3,(H,15,16)(H,17,18)/t9?,10-/m1/s1. The molecule has 1 saturated heterocycles. The zero-order valence-electron chi connectivity index (χ0n) is 11.5. The van der Waals surface area contributed by atoms with Crippen LogP contribution in [0, 0.1) is 5.92 Å². The number of nitrogens with zero attached hydrogens (tertiary/aromatic N) is 1. The number of hydrogen-bond donors (Lipinski definition) is 2. The lowest BCUT2D eigenvalue weighted by molar-refractivity contribution is -0.140. The van der Waals surface area contributed by atoms with E-state index in [2.05, 4.69) is 10.3 Å². The van der Waals surface area contributed by atoms with Gasteiger partial charge in [0, 0.05) is 12.0 Å². The molecule has 2 N–H and O–H groups in total. The fourth-order valence-electron chi connectivity index (χ4n) is 2.04. The number of hydrogen-bond acceptors (Lipinski definition) is 5. The third-order valence-electron chi connectivity index (χ3n) is 3.18. The maximum atomic E-state index is 12.0. The highest BCUT2D eigenvalue weighted by atomic mass is 32.1. The minimum atomic E-state index is -1.04. The summed E-state index contributed by atoms with van der Waals surface area (Å²) in [6.07, 6.45) is 1.89. The Morgan fingerprint density at radius 3 is 2.85 bits per heavy atom. The Labute approximate surface area is 121 Å². The smallest absolute Gasteiger partial charge is 0.326 e. The number of amides is 1. The van der Waals surface area contributed by atoms with Gasteiger partial charge in [0.2, 0.25) is 0 Å². The molecule has 2 atom stereocenters. The van der Waals surface area contributed by atoms with E-state index in [1.54, 1.807) is 19.2 Å². The van der Waals surface area contributed by atoms with Gasteiger partial charge < -0.3 is 15.2 Å². The third kappa shape index (κ3) is 3.34. The van der Waals surface area contributed by atoms with Crippen LogP contribution in [0.3, 0.4) is 0 Å². The highest BCUT2D eigenvalue weighted by molar-refractivity contribution is 7.09. The predicted molar refractivity (Wildman–Crippen MR) is 73.8 cm³/mol. The summed E-state index contributed by atoms with van der Waals surface area (Å²) in [5.74, 6) is -1.68. The van der Waals surface area contributed by atoms with Crippen molar-refractivity contribution in [2.45, 2.75) is 38.8 Å². The maximum absolute atomic E-state index is 12.0. The van der Waals surface area contributed by atoms with Gasteiger partial charge in [-0.2, -0.15) is 0 Å². The third-order valence-corrected chi connectivity index (χ3v) is 4.12. The van der Waals surface area contributed by atoms with E-state index in [-0.39, 0.29) is 17.7 Å². The molecule has 1 aliphatic rings. The number of carbonyl (C=O) groups is 2. The molecule has 110 valence electrons. The number of thiazole rings is 1. The number of aromatic nitrogens is 1. The summed E-state index contributed by atoms with van der Waals surface area (Å²) in [6.45, 7) is 4.22. The van der Waals surface area contributed by atoms with Crippen molar-refractivity contribution in [3.05, 3.63) is 16.1 Å². The van der Waals surface area contributed by atoms with Gasteiger partial charge in [-0.1, -0.05) is 13.8 Å². The molecule has 1 unspecified atom stereocenters. The van der Waals surface area contributed by atoms with E-state index in [9.17, 15) is 9.59 Å². The Morgan fingerprint density at radius 1 is 1.55 bits per heavy atom. The molecule has 20 heavy (non-hydrogen) atoms. The van der Waals surface area contributed by atoms with Crippen molar-refractivity contribution in [2.75, 3.05) is 6.61 Å². The lowest BCUT2D eigenvalue weighted by atomic mass is 10.0. The van der Waals surface area contributed by atoms with E-state index >= 15 is 0 Å². The van der Waals surface area contributed by atoms with Gasteiger partial charge in [-0.3, -0.25) is 4.79 Å². The lowest BCUT2D eigenvalue weighted by Gasteiger charge is -2.17. The molecule has 2 rings (SSSR count). The summed E-state index contributed by atoms with van der Waals surface area (Å²) in [4.78, 5) is 27.3. The summed E-state index contributed by atoms with van der Waals surface area (Å²) in [5, 5.41) is 14.0. The molecular formula is C13H18N2O4S. The molecule has 0 radical (unpaired) electrons. The number of aliphatic carboxylic acids is 1. The number of carboxylic acid groups (broad SMARTS) is 1. The van der Waals surface area contributed by atoms with Crippen LogP contribution in [0.5, 0.6) is 0 Å². The monoisotopic (exact) mass is 298 g/mol. The number of ether oxygens (including phenoxy) is 1. The van der Waals surface area contributed by atoms with E-state index in [4.69, 9.17) is 9.84 Å². The summed E-state index contributed by atoms with van der Waals surface area (Å²) in [6, 6.07) is -0.907. The first kappa shape index (κ1) is 14.9. The lowest BCUT2D eigenvalue weighted by Crippen LogP contribution is -2.44. The van der Waals surface area contributed by atoms with Crippen molar-refractivity contribution in [1.82, 2.24) is 10.3 Å². The average Bonchev–Trinajstić information content (AvgIpc) is 3.04. The van der Waals surface area contributed by atoms with Crippen LogP contribution in [-0.4, -0.2) is 34.6 Å². The number of rotatable bonds is 5. The van der Waals surface area contributed by atoms with Gasteiger partial charge in [-0.25, -0.2) is 9.78 Å². The Morgan fingerprint density at radius 2 is 2.30 bits per heavy atom. The molecule has 2 heterocycles. The zero-order valence-corrected chi connectivity index (χ0v) is 12.3. The molecular weight excluding hydrogens is 280 g/mol. The molecule has 6 nitrogen and oxygen atoms in total. The quantitative estimate of drug-likeness (QED) is 0.866. The highest BCUT2D eigenvalue weighted by Crippen LogP contribution is 2.30. The van der Waals surface area contributed by atoms with Gasteiger partial charge in [0.1, 0.15) is 22.8 Å². The minimum absolute atomic E-state index is 0.0260. The topological polar surface area (TPSA) is 88.5 Å². The molecule has 0 bridgehead atoms. The molecule has 0 aromatic carbocycles. The Balaban J connectivity index is 2.03. The molecule has 0 aliphatic carbocycles. The normalized spacial score (nSPS) is 20.1. The SMILES string of the molecule is CC(C)[C@@H](NC(=O)c1csc(C2CCCO2)n1)C(=O)O. The van der Waals surface area contributed by atoms with Crippen LogP contribution >= 0.6 is 11.3 Å². The van der Waals surface area contributed by atoms with Crippen LogP contribution in [-0.2, 0) is 9.53 Å². The van der Waals surface area contributed by atoms with E-state index in [0.717, 1.165) is 24.5 Å². The van der Waals surface area contributed by atoms with E-state index in [1.165, 1.54) is 11.3 Å². The number of carboxylic acids is 1. The van der Waals surface area contributed by atoms with Crippen molar-refractivity contribution in [3.63, 3.8) is 0 Å². The Kier molecular flexibility index (Phi) is 4.72. The summed E-state index contributed by atoms with van der Waals surface area (Å²) >= 11 is 1.37. The fourth-order valence-corrected chi connectivity index (χ4v) is 2.92. The van der Waals surface area contributed by atoms with Crippen molar-refractivity contribution in [3.8, 4) is 0 Å². The van der Waals surface area contributed by atoms with Crippen LogP contribution in [0.15, 0.2) is 5.38 Å². The van der Waals surface area contributed by atoms with Crippen molar-refractivity contribution in [1.29, 1.82) is 0 Å². The second-order valence-electron chi connectivity index (χ2n) is 5.11. The summed E-state index contributed by atoms with van der Waals surface area (Å²) in [7, 11) is 0. The van der Waals surface area contributed by atoms with E-state index in [1.807, 2.05) is 0 Å². The van der Waals surface area contributed by atoms with Gasteiger partial charge in [0.05, 0.1) is 0 Å². The largest absolute Gasteiger partial charge is 0.480 e. The Hall–Kier alpha value is -1.47. The number of carbonyl (C=O) groups excluding carboxylic acids is 1. The van der Waals surface area contributed by atoms with Gasteiger partial charge in [0.25, 0.3) is 5.91 Å². The first-order valence-corrected chi connectivity index (χ1v) is 7.47. The molecule has 1 aromatic heterocycles. The first-order valence-electron chi connectivity index (χ1n) is 6.59. The van der Waals surface area contributed by atoms with Gasteiger partial charge in [-0.05, 0) is 18.8 Å². The van der Waals surface area contributed by atoms with Crippen molar-refractivity contribution in [2.24, 2.45) is 5.92 Å². The molecule has 1 amide bonds. The van der Waals surface area contributed by atoms with Gasteiger partial charge in [-0.15, -0.1) is 11.3 Å². The molecule has 0 saturated carbocycles. The molecule has 1 aliphatic heterocycles. The van der Waals surface area contributed by atoms with Crippen LogP contribution in [0.25, 0.3) is 0 Å². The minimum Gasteiger partial charge on any atom is -0.480 e. The zero-order chi connectivity index (χ0) is 14.7. The fraction of sp³-hybridized carbons (Fsp3) is 0.615. The molecule has 7 heteroatoms. The summed E-state index contributed by atoms with van der Waals surface area (Å²) < 4.78 is 5.51.